The van der Waals surface area contributed by atoms with Crippen molar-refractivity contribution in [3.05, 3.63) is 71.1 Å². The lowest BCUT2D eigenvalue weighted by Gasteiger charge is -2.25. The van der Waals surface area contributed by atoms with Crippen molar-refractivity contribution in [2.75, 3.05) is 0 Å². The number of amides is 3. The number of aryl methyl sites for hydroxylation is 2. The zero-order chi connectivity index (χ0) is 20.6. The molecule has 0 unspecified atom stereocenters. The Morgan fingerprint density at radius 3 is 2.48 bits per heavy atom. The van der Waals surface area contributed by atoms with Crippen molar-refractivity contribution < 1.29 is 14.1 Å². The summed E-state index contributed by atoms with van der Waals surface area (Å²) >= 11 is 0. The lowest BCUT2D eigenvalue weighted by Crippen LogP contribution is -2.43. The smallest absolute Gasteiger partial charge is 0.325 e. The molecule has 1 saturated heterocycles. The lowest BCUT2D eigenvalue weighted by atomic mass is 9.87. The first-order valence-corrected chi connectivity index (χ1v) is 9.54. The van der Waals surface area contributed by atoms with Crippen molar-refractivity contribution in [1.82, 2.24) is 20.4 Å². The minimum Gasteiger partial charge on any atom is -0.337 e. The number of benzene rings is 2. The summed E-state index contributed by atoms with van der Waals surface area (Å²) in [5.74, 6) is 0.331. The van der Waals surface area contributed by atoms with Crippen LogP contribution in [0.5, 0.6) is 0 Å². The van der Waals surface area contributed by atoms with Crippen molar-refractivity contribution in [2.24, 2.45) is 0 Å². The number of hydrogen-bond donors (Lipinski definition) is 1. The number of nitrogens with zero attached hydrogens (tertiary/aromatic N) is 3. The molecule has 1 atom stereocenters. The highest BCUT2D eigenvalue weighted by Gasteiger charge is 2.51. The molecule has 0 bridgehead atoms. The molecule has 1 aliphatic heterocycles. The van der Waals surface area contributed by atoms with Crippen molar-refractivity contribution in [3.8, 4) is 11.4 Å². The van der Waals surface area contributed by atoms with E-state index >= 15 is 0 Å². The Hall–Kier alpha value is -3.48. The van der Waals surface area contributed by atoms with E-state index in [9.17, 15) is 9.59 Å². The molecule has 0 radical (unpaired) electrons. The topological polar surface area (TPSA) is 88.3 Å². The number of hydrogen-bond acceptors (Lipinski definition) is 5. The van der Waals surface area contributed by atoms with Crippen LogP contribution in [0.1, 0.15) is 35.9 Å². The maximum Gasteiger partial charge on any atom is 0.325 e. The number of rotatable bonds is 5. The fourth-order valence-corrected chi connectivity index (χ4v) is 3.63. The molecule has 1 N–H and O–H groups in total. The molecule has 0 spiro atoms. The standard InChI is InChI=1S/C22H22N4O3/c1-4-22(16-11-9-14(2)10-12-16)20(27)26(21(28)24-22)13-18-23-19(25-29-18)17-8-6-5-7-15(17)3/h5-12H,4,13H2,1-3H3,(H,24,28)/t22-/m0/s1. The summed E-state index contributed by atoms with van der Waals surface area (Å²) < 4.78 is 5.32. The van der Waals surface area contributed by atoms with Gasteiger partial charge in [-0.05, 0) is 31.4 Å². The summed E-state index contributed by atoms with van der Waals surface area (Å²) in [6.45, 7) is 5.74. The van der Waals surface area contributed by atoms with Crippen LogP contribution >= 0.6 is 0 Å². The third kappa shape index (κ3) is 3.18. The van der Waals surface area contributed by atoms with Gasteiger partial charge in [0.05, 0.1) is 0 Å². The normalized spacial score (nSPS) is 18.9. The average Bonchev–Trinajstić information content (AvgIpc) is 3.28. The van der Waals surface area contributed by atoms with Gasteiger partial charge in [0.15, 0.2) is 0 Å². The molecule has 1 aromatic heterocycles. The third-order valence-corrected chi connectivity index (χ3v) is 5.40. The number of urea groups is 1. The predicted molar refractivity (Wildman–Crippen MR) is 107 cm³/mol. The summed E-state index contributed by atoms with van der Waals surface area (Å²) in [4.78, 5) is 31.4. The molecule has 2 heterocycles. The minimum absolute atomic E-state index is 0.0723. The van der Waals surface area contributed by atoms with E-state index in [1.54, 1.807) is 0 Å². The van der Waals surface area contributed by atoms with Gasteiger partial charge in [-0.1, -0.05) is 66.2 Å². The zero-order valence-electron chi connectivity index (χ0n) is 16.6. The number of aromatic nitrogens is 2. The molecule has 3 amide bonds. The van der Waals surface area contributed by atoms with Gasteiger partial charge >= 0.3 is 6.03 Å². The quantitative estimate of drug-likeness (QED) is 0.671. The van der Waals surface area contributed by atoms with Crippen LogP contribution in [0.25, 0.3) is 11.4 Å². The second-order valence-electron chi connectivity index (χ2n) is 7.27. The van der Waals surface area contributed by atoms with Crippen molar-refractivity contribution in [2.45, 2.75) is 39.3 Å². The van der Waals surface area contributed by atoms with E-state index in [0.717, 1.165) is 27.2 Å². The van der Waals surface area contributed by atoms with E-state index in [4.69, 9.17) is 4.52 Å². The van der Waals surface area contributed by atoms with Gasteiger partial charge in [-0.15, -0.1) is 0 Å². The Labute approximate surface area is 168 Å². The second kappa shape index (κ2) is 7.16. The van der Waals surface area contributed by atoms with Gasteiger partial charge < -0.3 is 9.84 Å². The lowest BCUT2D eigenvalue weighted by molar-refractivity contribution is -0.132. The van der Waals surface area contributed by atoms with Crippen LogP contribution in [0.2, 0.25) is 0 Å². The first-order chi connectivity index (χ1) is 13.9. The van der Waals surface area contributed by atoms with E-state index < -0.39 is 11.6 Å². The Balaban J connectivity index is 1.60. The van der Waals surface area contributed by atoms with Crippen LogP contribution in [0.3, 0.4) is 0 Å². The zero-order valence-corrected chi connectivity index (χ0v) is 16.6. The first-order valence-electron chi connectivity index (χ1n) is 9.54. The van der Waals surface area contributed by atoms with E-state index in [2.05, 4.69) is 15.5 Å². The Kier molecular flexibility index (Phi) is 4.66. The summed E-state index contributed by atoms with van der Waals surface area (Å²) in [6, 6.07) is 14.8. The fraction of sp³-hybridized carbons (Fsp3) is 0.273. The van der Waals surface area contributed by atoms with Crippen LogP contribution in [0, 0.1) is 13.8 Å². The number of imide groups is 1. The predicted octanol–water partition coefficient (Wildman–Crippen LogP) is 3.71. The average molecular weight is 390 g/mol. The minimum atomic E-state index is -1.08. The molecule has 2 aromatic carbocycles. The molecule has 7 heteroatoms. The van der Waals surface area contributed by atoms with E-state index in [0.29, 0.717) is 12.2 Å². The highest BCUT2D eigenvalue weighted by Crippen LogP contribution is 2.33. The monoisotopic (exact) mass is 390 g/mol. The second-order valence-corrected chi connectivity index (χ2v) is 7.27. The fourth-order valence-electron chi connectivity index (χ4n) is 3.63. The van der Waals surface area contributed by atoms with Crippen molar-refractivity contribution in [1.29, 1.82) is 0 Å². The summed E-state index contributed by atoms with van der Waals surface area (Å²) in [5.41, 5.74) is 2.63. The molecule has 0 saturated carbocycles. The van der Waals surface area contributed by atoms with Crippen LogP contribution in [-0.2, 0) is 16.9 Å². The van der Waals surface area contributed by atoms with Gasteiger partial charge in [0.1, 0.15) is 12.1 Å². The van der Waals surface area contributed by atoms with Gasteiger partial charge in [0.2, 0.25) is 11.7 Å². The SMILES string of the molecule is CC[C@@]1(c2ccc(C)cc2)NC(=O)N(Cc2nc(-c3ccccc3C)no2)C1=O. The van der Waals surface area contributed by atoms with Gasteiger partial charge in [0.25, 0.3) is 5.91 Å². The number of nitrogens with one attached hydrogen (secondary N) is 1. The van der Waals surface area contributed by atoms with Gasteiger partial charge in [-0.2, -0.15) is 4.98 Å². The van der Waals surface area contributed by atoms with E-state index in [1.807, 2.05) is 69.3 Å². The molecular weight excluding hydrogens is 368 g/mol. The Bertz CT molecular complexity index is 1070. The third-order valence-electron chi connectivity index (χ3n) is 5.40. The van der Waals surface area contributed by atoms with Crippen LogP contribution in [0.4, 0.5) is 4.79 Å². The molecule has 0 aliphatic carbocycles. The van der Waals surface area contributed by atoms with Crippen molar-refractivity contribution >= 4 is 11.9 Å². The van der Waals surface area contributed by atoms with Gasteiger partial charge in [-0.25, -0.2) is 4.79 Å². The molecule has 29 heavy (non-hydrogen) atoms. The van der Waals surface area contributed by atoms with Gasteiger partial charge in [-0.3, -0.25) is 9.69 Å². The molecule has 3 aromatic rings. The summed E-state index contributed by atoms with van der Waals surface area (Å²) in [5, 5.41) is 6.88. The first kappa shape index (κ1) is 18.9. The highest BCUT2D eigenvalue weighted by atomic mass is 16.5. The van der Waals surface area contributed by atoms with E-state index in [-0.39, 0.29) is 18.3 Å². The van der Waals surface area contributed by atoms with E-state index in [1.165, 1.54) is 0 Å². The van der Waals surface area contributed by atoms with Gasteiger partial charge in [0, 0.05) is 5.56 Å². The van der Waals surface area contributed by atoms with Crippen LogP contribution in [0.15, 0.2) is 53.1 Å². The number of carbonyl (C=O) groups is 2. The summed E-state index contributed by atoms with van der Waals surface area (Å²) in [7, 11) is 0. The molecular formula is C22H22N4O3. The Morgan fingerprint density at radius 1 is 1.07 bits per heavy atom. The largest absolute Gasteiger partial charge is 0.337 e. The molecule has 7 nitrogen and oxygen atoms in total. The molecule has 148 valence electrons. The van der Waals surface area contributed by atoms with Crippen molar-refractivity contribution in [3.63, 3.8) is 0 Å². The van der Waals surface area contributed by atoms with Crippen LogP contribution in [-0.4, -0.2) is 27.0 Å². The maximum absolute atomic E-state index is 13.2. The molecule has 1 fully saturated rings. The van der Waals surface area contributed by atoms with Crippen LogP contribution < -0.4 is 5.32 Å². The maximum atomic E-state index is 13.2. The Morgan fingerprint density at radius 2 is 1.79 bits per heavy atom. The molecule has 1 aliphatic rings. The summed E-state index contributed by atoms with van der Waals surface area (Å²) in [6.07, 6.45) is 0.440. The molecule has 4 rings (SSSR count). The highest BCUT2D eigenvalue weighted by molar-refractivity contribution is 6.07. The number of carbonyl (C=O) groups excluding carboxylic acids is 2.